The second-order valence-electron chi connectivity index (χ2n) is 6.54. The van der Waals surface area contributed by atoms with E-state index in [0.717, 1.165) is 28.7 Å². The van der Waals surface area contributed by atoms with Crippen LogP contribution in [0.2, 0.25) is 0 Å². The second-order valence-corrected chi connectivity index (χ2v) is 6.54. The summed E-state index contributed by atoms with van der Waals surface area (Å²) in [5, 5.41) is 2.30. The molecule has 0 saturated heterocycles. The third-order valence-electron chi connectivity index (χ3n) is 4.55. The average molecular weight is 395 g/mol. The highest BCUT2D eigenvalue weighted by molar-refractivity contribution is 5.92. The maximum absolute atomic E-state index is 13.9. The van der Waals surface area contributed by atoms with E-state index in [-0.39, 0.29) is 6.54 Å². The first-order valence-electron chi connectivity index (χ1n) is 8.94. The van der Waals surface area contributed by atoms with Gasteiger partial charge in [-0.15, -0.1) is 0 Å². The molecule has 0 atom stereocenters. The Morgan fingerprint density at radius 1 is 0.897 bits per heavy atom. The highest BCUT2D eigenvalue weighted by Crippen LogP contribution is 2.21. The van der Waals surface area contributed by atoms with Crippen molar-refractivity contribution >= 4 is 22.6 Å². The summed E-state index contributed by atoms with van der Waals surface area (Å²) in [6.45, 7) is -0.152. The van der Waals surface area contributed by atoms with Crippen molar-refractivity contribution in [1.29, 1.82) is 0 Å². The zero-order chi connectivity index (χ0) is 20.4. The molecule has 146 valence electrons. The van der Waals surface area contributed by atoms with Crippen LogP contribution in [-0.2, 0) is 17.8 Å². The number of carbonyl (C=O) groups excluding carboxylic acids is 1. The molecule has 4 aromatic rings. The van der Waals surface area contributed by atoms with Crippen LogP contribution in [-0.4, -0.2) is 15.5 Å². The van der Waals surface area contributed by atoms with Crippen molar-refractivity contribution < 1.29 is 18.0 Å². The first-order chi connectivity index (χ1) is 14.0. The van der Waals surface area contributed by atoms with Crippen LogP contribution in [0, 0.1) is 17.5 Å². The standard InChI is InChI=1S/C22H16F3N3O/c23-15-10-11-17(22(25)21(15)24)27-20(29)13-28-18-9-5-4-8-16(18)26-19(28)12-14-6-2-1-3-7-14/h1-11H,12-13H2,(H,27,29). The van der Waals surface area contributed by atoms with Gasteiger partial charge in [-0.1, -0.05) is 42.5 Å². The van der Waals surface area contributed by atoms with Crippen molar-refractivity contribution in [3.63, 3.8) is 0 Å². The number of hydrogen-bond acceptors (Lipinski definition) is 2. The van der Waals surface area contributed by atoms with E-state index in [9.17, 15) is 18.0 Å². The zero-order valence-corrected chi connectivity index (χ0v) is 15.2. The van der Waals surface area contributed by atoms with Gasteiger partial charge >= 0.3 is 0 Å². The molecule has 1 heterocycles. The Bertz CT molecular complexity index is 1190. The van der Waals surface area contributed by atoms with E-state index in [0.29, 0.717) is 12.2 Å². The van der Waals surface area contributed by atoms with Gasteiger partial charge in [0, 0.05) is 6.42 Å². The van der Waals surface area contributed by atoms with Gasteiger partial charge in [0.1, 0.15) is 12.4 Å². The van der Waals surface area contributed by atoms with E-state index in [4.69, 9.17) is 0 Å². The SMILES string of the molecule is O=C(Cn1c(Cc2ccccc2)nc2ccccc21)Nc1ccc(F)c(F)c1F. The summed E-state index contributed by atoms with van der Waals surface area (Å²) in [6.07, 6.45) is 0.502. The Kier molecular flexibility index (Phi) is 5.03. The van der Waals surface area contributed by atoms with Crippen LogP contribution < -0.4 is 5.32 Å². The molecule has 0 unspecified atom stereocenters. The van der Waals surface area contributed by atoms with Gasteiger partial charge in [-0.2, -0.15) is 0 Å². The molecule has 4 rings (SSSR count). The lowest BCUT2D eigenvalue weighted by Crippen LogP contribution is -2.21. The number of nitrogens with zero attached hydrogens (tertiary/aromatic N) is 2. The number of aromatic nitrogens is 2. The lowest BCUT2D eigenvalue weighted by molar-refractivity contribution is -0.116. The van der Waals surface area contributed by atoms with Crippen molar-refractivity contribution in [2.45, 2.75) is 13.0 Å². The number of hydrogen-bond donors (Lipinski definition) is 1. The number of carbonyl (C=O) groups is 1. The number of fused-ring (bicyclic) bond motifs is 1. The third-order valence-corrected chi connectivity index (χ3v) is 4.55. The Morgan fingerprint density at radius 3 is 2.41 bits per heavy atom. The van der Waals surface area contributed by atoms with Crippen LogP contribution in [0.25, 0.3) is 11.0 Å². The Balaban J connectivity index is 1.64. The lowest BCUT2D eigenvalue weighted by Gasteiger charge is -2.11. The molecule has 1 N–H and O–H groups in total. The largest absolute Gasteiger partial charge is 0.322 e. The Morgan fingerprint density at radius 2 is 1.62 bits per heavy atom. The summed E-state index contributed by atoms with van der Waals surface area (Å²) in [5.41, 5.74) is 2.09. The summed E-state index contributed by atoms with van der Waals surface area (Å²) < 4.78 is 42.1. The first kappa shape index (κ1) is 18.7. The molecule has 0 spiro atoms. The van der Waals surface area contributed by atoms with Crippen molar-refractivity contribution in [2.24, 2.45) is 0 Å². The lowest BCUT2D eigenvalue weighted by atomic mass is 10.1. The van der Waals surface area contributed by atoms with E-state index in [2.05, 4.69) is 10.3 Å². The smallest absolute Gasteiger partial charge is 0.244 e. The van der Waals surface area contributed by atoms with Gasteiger partial charge in [0.15, 0.2) is 17.5 Å². The molecule has 7 heteroatoms. The summed E-state index contributed by atoms with van der Waals surface area (Å²) in [7, 11) is 0. The van der Waals surface area contributed by atoms with Crippen LogP contribution in [0.1, 0.15) is 11.4 Å². The minimum atomic E-state index is -1.62. The maximum Gasteiger partial charge on any atom is 0.244 e. The quantitative estimate of drug-likeness (QED) is 0.499. The van der Waals surface area contributed by atoms with Gasteiger partial charge < -0.3 is 9.88 Å². The number of imidazole rings is 1. The number of para-hydroxylation sites is 2. The van der Waals surface area contributed by atoms with E-state index in [1.165, 1.54) is 0 Å². The summed E-state index contributed by atoms with van der Waals surface area (Å²) in [4.78, 5) is 17.1. The molecule has 0 radical (unpaired) electrons. The fourth-order valence-electron chi connectivity index (χ4n) is 3.17. The maximum atomic E-state index is 13.9. The molecule has 3 aromatic carbocycles. The molecule has 29 heavy (non-hydrogen) atoms. The van der Waals surface area contributed by atoms with Gasteiger partial charge in [-0.3, -0.25) is 4.79 Å². The van der Waals surface area contributed by atoms with Gasteiger partial charge in [0.05, 0.1) is 16.7 Å². The minimum absolute atomic E-state index is 0.152. The van der Waals surface area contributed by atoms with Crippen molar-refractivity contribution in [1.82, 2.24) is 9.55 Å². The van der Waals surface area contributed by atoms with E-state index >= 15 is 0 Å². The summed E-state index contributed by atoms with van der Waals surface area (Å²) in [6, 6.07) is 18.8. The number of benzene rings is 3. The summed E-state index contributed by atoms with van der Waals surface area (Å²) in [5.74, 6) is -4.28. The number of rotatable bonds is 5. The van der Waals surface area contributed by atoms with E-state index in [1.54, 1.807) is 4.57 Å². The Labute approximate surface area is 164 Å². The third kappa shape index (κ3) is 3.85. The Hall–Kier alpha value is -3.61. The van der Waals surface area contributed by atoms with E-state index in [1.807, 2.05) is 54.6 Å². The molecule has 0 aliphatic rings. The summed E-state index contributed by atoms with van der Waals surface area (Å²) >= 11 is 0. The van der Waals surface area contributed by atoms with Crippen LogP contribution in [0.4, 0.5) is 18.9 Å². The molecule has 0 saturated carbocycles. The first-order valence-corrected chi connectivity index (χ1v) is 8.94. The van der Waals surface area contributed by atoms with Crippen LogP contribution in [0.5, 0.6) is 0 Å². The second kappa shape index (κ2) is 7.79. The number of halogens is 3. The number of anilines is 1. The molecule has 4 nitrogen and oxygen atoms in total. The van der Waals surface area contributed by atoms with Crippen molar-refractivity contribution in [3.05, 3.63) is 95.6 Å². The number of amides is 1. The average Bonchev–Trinajstić information content (AvgIpc) is 3.06. The van der Waals surface area contributed by atoms with Gasteiger partial charge in [0.2, 0.25) is 5.91 Å². The van der Waals surface area contributed by atoms with Gasteiger partial charge in [0.25, 0.3) is 0 Å². The fraction of sp³-hybridized carbons (Fsp3) is 0.0909. The molecule has 0 aliphatic heterocycles. The van der Waals surface area contributed by atoms with Gasteiger partial charge in [-0.05, 0) is 29.8 Å². The molecular weight excluding hydrogens is 379 g/mol. The zero-order valence-electron chi connectivity index (χ0n) is 15.2. The molecule has 0 bridgehead atoms. The molecule has 1 aromatic heterocycles. The van der Waals surface area contributed by atoms with Crippen LogP contribution in [0.15, 0.2) is 66.7 Å². The van der Waals surface area contributed by atoms with E-state index < -0.39 is 29.0 Å². The highest BCUT2D eigenvalue weighted by Gasteiger charge is 2.18. The predicted molar refractivity (Wildman–Crippen MR) is 104 cm³/mol. The fourth-order valence-corrected chi connectivity index (χ4v) is 3.17. The molecule has 0 fully saturated rings. The molecule has 0 aliphatic carbocycles. The van der Waals surface area contributed by atoms with Crippen molar-refractivity contribution in [3.8, 4) is 0 Å². The highest BCUT2D eigenvalue weighted by atomic mass is 19.2. The number of nitrogens with one attached hydrogen (secondary N) is 1. The van der Waals surface area contributed by atoms with Crippen LogP contribution >= 0.6 is 0 Å². The normalized spacial score (nSPS) is 11.0. The van der Waals surface area contributed by atoms with Crippen LogP contribution in [0.3, 0.4) is 0 Å². The topological polar surface area (TPSA) is 46.9 Å². The minimum Gasteiger partial charge on any atom is -0.322 e. The van der Waals surface area contributed by atoms with Crippen molar-refractivity contribution in [2.75, 3.05) is 5.32 Å². The molecular formula is C22H16F3N3O. The molecule has 1 amide bonds. The monoisotopic (exact) mass is 395 g/mol. The predicted octanol–water partition coefficient (Wildman–Crippen LogP) is 4.68. The van der Waals surface area contributed by atoms with Gasteiger partial charge in [-0.25, -0.2) is 18.2 Å².